The lowest BCUT2D eigenvalue weighted by Crippen LogP contribution is -2.35. The molecule has 1 amide bonds. The van der Waals surface area contributed by atoms with Gasteiger partial charge in [-0.25, -0.2) is 0 Å². The molecular formula is C15H22ClN3O. The van der Waals surface area contributed by atoms with Gasteiger partial charge in [-0.2, -0.15) is 0 Å². The topological polar surface area (TPSA) is 68.0 Å². The Morgan fingerprint density at radius 1 is 1.50 bits per heavy atom. The Labute approximate surface area is 126 Å². The lowest BCUT2D eigenvalue weighted by Gasteiger charge is -2.15. The summed E-state index contributed by atoms with van der Waals surface area (Å²) in [5, 5.41) is 3.02. The Balaban J connectivity index is 0.00000200. The van der Waals surface area contributed by atoms with E-state index in [-0.39, 0.29) is 36.3 Å². The van der Waals surface area contributed by atoms with Crippen LogP contribution in [0.2, 0.25) is 0 Å². The quantitative estimate of drug-likeness (QED) is 0.815. The second-order valence-electron chi connectivity index (χ2n) is 5.24. The number of aromatic nitrogens is 1. The number of rotatable bonds is 5. The van der Waals surface area contributed by atoms with Crippen molar-refractivity contribution in [3.63, 3.8) is 0 Å². The first kappa shape index (κ1) is 16.7. The van der Waals surface area contributed by atoms with Crippen LogP contribution in [0.4, 0.5) is 0 Å². The highest BCUT2D eigenvalue weighted by Gasteiger charge is 2.19. The fourth-order valence-electron chi connectivity index (χ4n) is 2.41. The fourth-order valence-corrected chi connectivity index (χ4v) is 2.41. The Bertz CT molecular complexity index is 450. The standard InChI is InChI=1S/C15H21N3O.ClH/c1-11(8-14-4-2-3-7-17-14)18-15(19)10-12-5-6-13(16)9-12;/h2-7,11-13H,8-10,16H2,1H3,(H,18,19);1H/t11?,12-,13+;/m0./s1. The van der Waals surface area contributed by atoms with Crippen molar-refractivity contribution in [1.82, 2.24) is 10.3 Å². The number of halogens is 1. The van der Waals surface area contributed by atoms with Gasteiger partial charge in [-0.1, -0.05) is 18.2 Å². The maximum absolute atomic E-state index is 11.9. The highest BCUT2D eigenvalue weighted by Crippen LogP contribution is 2.19. The smallest absolute Gasteiger partial charge is 0.220 e. The molecule has 0 radical (unpaired) electrons. The molecule has 5 heteroatoms. The molecule has 1 heterocycles. The number of nitrogens with one attached hydrogen (secondary N) is 1. The molecule has 3 atom stereocenters. The largest absolute Gasteiger partial charge is 0.353 e. The monoisotopic (exact) mass is 295 g/mol. The number of hydrogen-bond acceptors (Lipinski definition) is 3. The average Bonchev–Trinajstić information content (AvgIpc) is 2.75. The number of allylic oxidation sites excluding steroid dienone is 1. The SMILES string of the molecule is CC(Cc1ccccn1)NC(=O)C[C@H]1C=C[C@@H](N)C1.Cl. The fraction of sp³-hybridized carbons (Fsp3) is 0.467. The zero-order valence-corrected chi connectivity index (χ0v) is 12.5. The van der Waals surface area contributed by atoms with Crippen LogP contribution in [0.1, 0.15) is 25.5 Å². The van der Waals surface area contributed by atoms with Crippen molar-refractivity contribution < 1.29 is 4.79 Å². The highest BCUT2D eigenvalue weighted by atomic mass is 35.5. The summed E-state index contributed by atoms with van der Waals surface area (Å²) in [7, 11) is 0. The molecule has 110 valence electrons. The van der Waals surface area contributed by atoms with E-state index in [0.29, 0.717) is 6.42 Å². The molecule has 3 N–H and O–H groups in total. The van der Waals surface area contributed by atoms with Gasteiger partial charge < -0.3 is 11.1 Å². The predicted octanol–water partition coefficient (Wildman–Crippen LogP) is 1.84. The first-order valence-electron chi connectivity index (χ1n) is 6.76. The number of nitrogens with two attached hydrogens (primary N) is 1. The van der Waals surface area contributed by atoms with E-state index < -0.39 is 0 Å². The lowest BCUT2D eigenvalue weighted by atomic mass is 10.0. The molecule has 2 rings (SSSR count). The summed E-state index contributed by atoms with van der Waals surface area (Å²) in [4.78, 5) is 16.2. The van der Waals surface area contributed by atoms with Crippen LogP contribution in [0.15, 0.2) is 36.5 Å². The Kier molecular flexibility index (Phi) is 6.68. The summed E-state index contributed by atoms with van der Waals surface area (Å²) in [5.74, 6) is 0.379. The van der Waals surface area contributed by atoms with Crippen molar-refractivity contribution in [3.05, 3.63) is 42.2 Å². The first-order chi connectivity index (χ1) is 9.13. The minimum atomic E-state index is 0. The van der Waals surface area contributed by atoms with Crippen LogP contribution in [0.5, 0.6) is 0 Å². The van der Waals surface area contributed by atoms with Crippen LogP contribution in [-0.2, 0) is 11.2 Å². The van der Waals surface area contributed by atoms with Gasteiger partial charge in [0, 0.05) is 36.8 Å². The second-order valence-corrected chi connectivity index (χ2v) is 5.24. The highest BCUT2D eigenvalue weighted by molar-refractivity contribution is 5.85. The van der Waals surface area contributed by atoms with Gasteiger partial charge in [-0.15, -0.1) is 12.4 Å². The third kappa shape index (κ3) is 5.31. The van der Waals surface area contributed by atoms with E-state index in [4.69, 9.17) is 5.73 Å². The molecular weight excluding hydrogens is 274 g/mol. The number of hydrogen-bond donors (Lipinski definition) is 2. The summed E-state index contributed by atoms with van der Waals surface area (Å²) >= 11 is 0. The van der Waals surface area contributed by atoms with Crippen LogP contribution in [0.3, 0.4) is 0 Å². The van der Waals surface area contributed by atoms with Crippen molar-refractivity contribution >= 4 is 18.3 Å². The van der Waals surface area contributed by atoms with E-state index in [1.54, 1.807) is 6.20 Å². The molecule has 1 unspecified atom stereocenters. The lowest BCUT2D eigenvalue weighted by molar-refractivity contribution is -0.122. The Morgan fingerprint density at radius 2 is 2.30 bits per heavy atom. The summed E-state index contributed by atoms with van der Waals surface area (Å²) in [5.41, 5.74) is 6.78. The molecule has 1 aliphatic carbocycles. The number of pyridine rings is 1. The van der Waals surface area contributed by atoms with Gasteiger partial charge in [0.2, 0.25) is 5.91 Å². The van der Waals surface area contributed by atoms with E-state index in [1.807, 2.05) is 37.3 Å². The van der Waals surface area contributed by atoms with Crippen LogP contribution in [0.25, 0.3) is 0 Å². The van der Waals surface area contributed by atoms with E-state index >= 15 is 0 Å². The van der Waals surface area contributed by atoms with Crippen molar-refractivity contribution in [2.75, 3.05) is 0 Å². The summed E-state index contributed by atoms with van der Waals surface area (Å²) in [6.07, 6.45) is 7.96. The number of carbonyl (C=O) groups is 1. The predicted molar refractivity (Wildman–Crippen MR) is 82.6 cm³/mol. The van der Waals surface area contributed by atoms with Gasteiger partial charge in [0.25, 0.3) is 0 Å². The Hall–Kier alpha value is -1.39. The van der Waals surface area contributed by atoms with Crippen LogP contribution >= 0.6 is 12.4 Å². The minimum absolute atomic E-state index is 0. The van der Waals surface area contributed by atoms with Gasteiger partial charge >= 0.3 is 0 Å². The van der Waals surface area contributed by atoms with E-state index in [1.165, 1.54) is 0 Å². The van der Waals surface area contributed by atoms with Crippen molar-refractivity contribution in [2.45, 2.75) is 38.3 Å². The number of nitrogens with zero attached hydrogens (tertiary/aromatic N) is 1. The molecule has 0 saturated heterocycles. The molecule has 1 aromatic heterocycles. The maximum atomic E-state index is 11.9. The molecule has 0 saturated carbocycles. The van der Waals surface area contributed by atoms with Gasteiger partial charge in [0.15, 0.2) is 0 Å². The molecule has 4 nitrogen and oxygen atoms in total. The first-order valence-corrected chi connectivity index (χ1v) is 6.76. The molecule has 0 aromatic carbocycles. The molecule has 1 aliphatic rings. The third-order valence-corrected chi connectivity index (χ3v) is 3.30. The van der Waals surface area contributed by atoms with E-state index in [2.05, 4.69) is 10.3 Å². The normalized spacial score (nSPS) is 22.1. The maximum Gasteiger partial charge on any atom is 0.220 e. The van der Waals surface area contributed by atoms with Gasteiger partial charge in [-0.3, -0.25) is 9.78 Å². The van der Waals surface area contributed by atoms with Gasteiger partial charge in [-0.05, 0) is 31.4 Å². The molecule has 20 heavy (non-hydrogen) atoms. The van der Waals surface area contributed by atoms with Crippen molar-refractivity contribution in [2.24, 2.45) is 11.7 Å². The Morgan fingerprint density at radius 3 is 2.90 bits per heavy atom. The summed E-state index contributed by atoms with van der Waals surface area (Å²) in [6, 6.07) is 6.04. The molecule has 0 aliphatic heterocycles. The zero-order valence-electron chi connectivity index (χ0n) is 11.7. The molecule has 1 aromatic rings. The van der Waals surface area contributed by atoms with E-state index in [0.717, 1.165) is 18.5 Å². The van der Waals surface area contributed by atoms with Gasteiger partial charge in [0.05, 0.1) is 0 Å². The summed E-state index contributed by atoms with van der Waals surface area (Å²) in [6.45, 7) is 2.00. The van der Waals surface area contributed by atoms with E-state index in [9.17, 15) is 4.79 Å². The van der Waals surface area contributed by atoms with Crippen LogP contribution in [-0.4, -0.2) is 23.0 Å². The third-order valence-electron chi connectivity index (χ3n) is 3.30. The van der Waals surface area contributed by atoms with Crippen LogP contribution in [0, 0.1) is 5.92 Å². The zero-order chi connectivity index (χ0) is 13.7. The second kappa shape index (κ2) is 8.02. The molecule has 0 fully saturated rings. The van der Waals surface area contributed by atoms with Gasteiger partial charge in [0.1, 0.15) is 0 Å². The summed E-state index contributed by atoms with van der Waals surface area (Å²) < 4.78 is 0. The number of carbonyl (C=O) groups excluding carboxylic acids is 1. The van der Waals surface area contributed by atoms with Crippen molar-refractivity contribution in [3.8, 4) is 0 Å². The van der Waals surface area contributed by atoms with Crippen molar-refractivity contribution in [1.29, 1.82) is 0 Å². The molecule has 0 bridgehead atoms. The minimum Gasteiger partial charge on any atom is -0.353 e. The van der Waals surface area contributed by atoms with Crippen LogP contribution < -0.4 is 11.1 Å². The molecule has 0 spiro atoms. The number of amides is 1. The average molecular weight is 296 g/mol.